The number of benzene rings is 2. The molecule has 0 aliphatic rings. The average Bonchev–Trinajstić information content (AvgIpc) is 3.32. The van der Waals surface area contributed by atoms with Crippen LogP contribution < -0.4 is 5.32 Å². The van der Waals surface area contributed by atoms with Crippen molar-refractivity contribution in [2.45, 2.75) is 13.8 Å². The predicted octanol–water partition coefficient (Wildman–Crippen LogP) is 5.11. The number of anilines is 1. The lowest BCUT2D eigenvalue weighted by Gasteiger charge is -2.17. The maximum absolute atomic E-state index is 12.1. The van der Waals surface area contributed by atoms with E-state index in [2.05, 4.69) is 20.4 Å². The van der Waals surface area contributed by atoms with Crippen molar-refractivity contribution in [1.82, 2.24) is 19.7 Å². The van der Waals surface area contributed by atoms with E-state index < -0.39 is 11.9 Å². The van der Waals surface area contributed by atoms with Gasteiger partial charge >= 0.3 is 5.97 Å². The van der Waals surface area contributed by atoms with Gasteiger partial charge in [0, 0.05) is 41.5 Å². The molecular formula is C27H21N5O3. The van der Waals surface area contributed by atoms with Crippen LogP contribution in [0.4, 0.5) is 5.69 Å². The lowest BCUT2D eigenvalue weighted by atomic mass is 10.0. The molecule has 0 radical (unpaired) electrons. The van der Waals surface area contributed by atoms with Crippen molar-refractivity contribution in [3.63, 3.8) is 0 Å². The zero-order chi connectivity index (χ0) is 24.5. The highest BCUT2D eigenvalue weighted by molar-refractivity contribution is 6.05. The molecule has 0 unspecified atom stereocenters. The van der Waals surface area contributed by atoms with Crippen molar-refractivity contribution in [2.75, 3.05) is 5.32 Å². The first-order valence-corrected chi connectivity index (χ1v) is 10.9. The van der Waals surface area contributed by atoms with Gasteiger partial charge in [0.25, 0.3) is 0 Å². The number of aromatic nitrogens is 4. The first-order valence-electron chi connectivity index (χ1n) is 10.9. The highest BCUT2D eigenvalue weighted by atomic mass is 16.4. The predicted molar refractivity (Wildman–Crippen MR) is 134 cm³/mol. The van der Waals surface area contributed by atoms with E-state index in [4.69, 9.17) is 0 Å². The summed E-state index contributed by atoms with van der Waals surface area (Å²) in [6.07, 6.45) is 5.26. The molecule has 8 heteroatoms. The van der Waals surface area contributed by atoms with Gasteiger partial charge in [-0.3, -0.25) is 14.8 Å². The fourth-order valence-electron chi connectivity index (χ4n) is 4.14. The van der Waals surface area contributed by atoms with Gasteiger partial charge in [0.1, 0.15) is 0 Å². The van der Waals surface area contributed by atoms with Gasteiger partial charge in [0.15, 0.2) is 0 Å². The Kier molecular flexibility index (Phi) is 5.54. The summed E-state index contributed by atoms with van der Waals surface area (Å²) < 4.78 is 1.58. The molecule has 8 nitrogen and oxygen atoms in total. The molecule has 2 N–H and O–H groups in total. The van der Waals surface area contributed by atoms with Crippen LogP contribution in [-0.4, -0.2) is 36.7 Å². The first kappa shape index (κ1) is 22.0. The number of aryl methyl sites for hydroxylation is 1. The van der Waals surface area contributed by atoms with Crippen molar-refractivity contribution in [3.05, 3.63) is 90.5 Å². The highest BCUT2D eigenvalue weighted by Gasteiger charge is 2.23. The second-order valence-electron chi connectivity index (χ2n) is 8.08. The minimum atomic E-state index is -1.16. The van der Waals surface area contributed by atoms with Gasteiger partial charge in [-0.2, -0.15) is 5.10 Å². The zero-order valence-corrected chi connectivity index (χ0v) is 19.1. The third kappa shape index (κ3) is 4.13. The molecule has 0 bridgehead atoms. The Hall–Kier alpha value is -4.85. The number of carboxylic acid groups (broad SMARTS) is 1. The quantitative estimate of drug-likeness (QED) is 0.375. The maximum atomic E-state index is 12.1. The summed E-state index contributed by atoms with van der Waals surface area (Å²) in [6, 6.07) is 18.5. The van der Waals surface area contributed by atoms with E-state index in [0.29, 0.717) is 16.9 Å². The number of carbonyl (C=O) groups is 2. The van der Waals surface area contributed by atoms with Gasteiger partial charge in [0.05, 0.1) is 34.3 Å². The molecule has 5 rings (SSSR count). The number of rotatable bonds is 5. The summed E-state index contributed by atoms with van der Waals surface area (Å²) >= 11 is 0. The Morgan fingerprint density at radius 1 is 0.971 bits per heavy atom. The van der Waals surface area contributed by atoms with Crippen LogP contribution >= 0.6 is 0 Å². The summed E-state index contributed by atoms with van der Waals surface area (Å²) in [6.45, 7) is 3.22. The van der Waals surface area contributed by atoms with Crippen LogP contribution in [0.5, 0.6) is 0 Å². The summed E-state index contributed by atoms with van der Waals surface area (Å²) in [5, 5.41) is 18.1. The maximum Gasteiger partial charge on any atom is 0.337 e. The van der Waals surface area contributed by atoms with E-state index in [0.717, 1.165) is 27.7 Å². The van der Waals surface area contributed by atoms with E-state index >= 15 is 0 Å². The molecular weight excluding hydrogens is 442 g/mol. The molecule has 0 saturated carbocycles. The number of hydrogen-bond acceptors (Lipinski definition) is 5. The Morgan fingerprint density at radius 3 is 2.57 bits per heavy atom. The van der Waals surface area contributed by atoms with E-state index in [1.165, 1.54) is 13.0 Å². The number of carboxylic acids is 1. The number of pyridine rings is 2. The van der Waals surface area contributed by atoms with E-state index in [9.17, 15) is 14.7 Å². The topological polar surface area (TPSA) is 110 Å². The standard InChI is InChI=1S/C27H21N5O3/c1-16-6-5-9-24(30-16)21-10-11-22(27(34)35)25(31-17(2)33)26(21)32-15-18(14-29-32)19-12-13-28-23-8-4-3-7-20(19)23/h3-15H,1-2H3,(H,31,33)(H,34,35). The van der Waals surface area contributed by atoms with E-state index in [1.54, 1.807) is 23.1 Å². The van der Waals surface area contributed by atoms with Crippen molar-refractivity contribution >= 4 is 28.5 Å². The third-order valence-electron chi connectivity index (χ3n) is 5.65. The molecule has 172 valence electrons. The second-order valence-corrected chi connectivity index (χ2v) is 8.08. The highest BCUT2D eigenvalue weighted by Crippen LogP contribution is 2.36. The minimum absolute atomic E-state index is 0.0435. The van der Waals surface area contributed by atoms with Crippen LogP contribution in [0.3, 0.4) is 0 Å². The normalized spacial score (nSPS) is 10.9. The zero-order valence-electron chi connectivity index (χ0n) is 19.1. The molecule has 0 fully saturated rings. The van der Waals surface area contributed by atoms with Crippen molar-refractivity contribution < 1.29 is 14.7 Å². The average molecular weight is 463 g/mol. The number of aromatic carboxylic acids is 1. The van der Waals surface area contributed by atoms with Crippen LogP contribution in [0.25, 0.3) is 39.0 Å². The molecule has 2 aromatic carbocycles. The SMILES string of the molecule is CC(=O)Nc1c(C(=O)O)ccc(-c2cccc(C)n2)c1-n1cc(-c2ccnc3ccccc23)cn1. The number of hydrogen-bond donors (Lipinski definition) is 2. The van der Waals surface area contributed by atoms with Crippen LogP contribution in [0.1, 0.15) is 23.0 Å². The lowest BCUT2D eigenvalue weighted by molar-refractivity contribution is -0.114. The van der Waals surface area contributed by atoms with Gasteiger partial charge in [0.2, 0.25) is 5.91 Å². The smallest absolute Gasteiger partial charge is 0.337 e. The number of fused-ring (bicyclic) bond motifs is 1. The van der Waals surface area contributed by atoms with Gasteiger partial charge in [-0.1, -0.05) is 24.3 Å². The second kappa shape index (κ2) is 8.83. The van der Waals surface area contributed by atoms with Gasteiger partial charge in [-0.05, 0) is 48.9 Å². The summed E-state index contributed by atoms with van der Waals surface area (Å²) in [5.41, 5.74) is 5.22. The Balaban J connectivity index is 1.77. The fourth-order valence-corrected chi connectivity index (χ4v) is 4.14. The number of para-hydroxylation sites is 1. The molecule has 0 spiro atoms. The summed E-state index contributed by atoms with van der Waals surface area (Å²) in [7, 11) is 0. The molecule has 0 aliphatic heterocycles. The largest absolute Gasteiger partial charge is 0.478 e. The van der Waals surface area contributed by atoms with Crippen LogP contribution in [0, 0.1) is 6.92 Å². The van der Waals surface area contributed by atoms with Gasteiger partial charge < -0.3 is 10.4 Å². The molecule has 3 heterocycles. The molecule has 5 aromatic rings. The molecule has 0 saturated heterocycles. The van der Waals surface area contributed by atoms with Crippen LogP contribution in [-0.2, 0) is 4.79 Å². The molecule has 3 aromatic heterocycles. The first-order chi connectivity index (χ1) is 16.9. The molecule has 1 amide bonds. The lowest BCUT2D eigenvalue weighted by Crippen LogP contribution is -2.15. The van der Waals surface area contributed by atoms with E-state index in [1.807, 2.05) is 61.7 Å². The van der Waals surface area contributed by atoms with E-state index in [-0.39, 0.29) is 11.3 Å². The van der Waals surface area contributed by atoms with Crippen molar-refractivity contribution in [3.8, 4) is 28.1 Å². The third-order valence-corrected chi connectivity index (χ3v) is 5.65. The molecule has 35 heavy (non-hydrogen) atoms. The van der Waals surface area contributed by atoms with Crippen LogP contribution in [0.2, 0.25) is 0 Å². The van der Waals surface area contributed by atoms with Crippen LogP contribution in [0.15, 0.2) is 79.3 Å². The summed E-state index contributed by atoms with van der Waals surface area (Å²) in [4.78, 5) is 33.2. The number of amides is 1. The summed E-state index contributed by atoms with van der Waals surface area (Å²) in [5.74, 6) is -1.55. The Morgan fingerprint density at radius 2 is 1.80 bits per heavy atom. The molecule has 0 aliphatic carbocycles. The molecule has 0 atom stereocenters. The fraction of sp³-hybridized carbons (Fsp3) is 0.0741. The van der Waals surface area contributed by atoms with Gasteiger partial charge in [-0.15, -0.1) is 0 Å². The Labute approximate surface area is 200 Å². The van der Waals surface area contributed by atoms with Gasteiger partial charge in [-0.25, -0.2) is 9.48 Å². The van der Waals surface area contributed by atoms with Crippen molar-refractivity contribution in [1.29, 1.82) is 0 Å². The number of carbonyl (C=O) groups excluding carboxylic acids is 1. The van der Waals surface area contributed by atoms with Crippen molar-refractivity contribution in [2.24, 2.45) is 0 Å². The number of nitrogens with zero attached hydrogens (tertiary/aromatic N) is 4. The Bertz CT molecular complexity index is 1600. The minimum Gasteiger partial charge on any atom is -0.478 e. The monoisotopic (exact) mass is 463 g/mol. The number of nitrogens with one attached hydrogen (secondary N) is 1.